The summed E-state index contributed by atoms with van der Waals surface area (Å²) in [5, 5.41) is 9.30. The minimum absolute atomic E-state index is 0.0116. The SMILES string of the molecule is C[C@]12CCCC[C@H]1CC(O)O2. The lowest BCUT2D eigenvalue weighted by molar-refractivity contribution is -0.142. The van der Waals surface area contributed by atoms with Crippen LogP contribution in [-0.2, 0) is 4.74 Å². The lowest BCUT2D eigenvalue weighted by atomic mass is 9.77. The number of fused-ring (bicyclic) bond motifs is 1. The Morgan fingerprint density at radius 1 is 1.45 bits per heavy atom. The van der Waals surface area contributed by atoms with Crippen LogP contribution in [-0.4, -0.2) is 17.0 Å². The van der Waals surface area contributed by atoms with Crippen LogP contribution in [0.2, 0.25) is 0 Å². The fraction of sp³-hybridized carbons (Fsp3) is 1.00. The van der Waals surface area contributed by atoms with Crippen LogP contribution in [0.5, 0.6) is 0 Å². The van der Waals surface area contributed by atoms with Crippen LogP contribution in [0.1, 0.15) is 39.0 Å². The van der Waals surface area contributed by atoms with Gasteiger partial charge in [0.1, 0.15) is 0 Å². The average molecular weight is 156 g/mol. The lowest BCUT2D eigenvalue weighted by Crippen LogP contribution is -2.34. The van der Waals surface area contributed by atoms with E-state index >= 15 is 0 Å². The molecule has 0 amide bonds. The van der Waals surface area contributed by atoms with Gasteiger partial charge in [-0.05, 0) is 25.7 Å². The van der Waals surface area contributed by atoms with E-state index in [9.17, 15) is 5.11 Å². The first-order chi connectivity index (χ1) is 5.21. The van der Waals surface area contributed by atoms with Crippen LogP contribution in [0, 0.1) is 5.92 Å². The molecule has 64 valence electrons. The first kappa shape index (κ1) is 7.56. The number of rotatable bonds is 0. The minimum atomic E-state index is -0.483. The maximum absolute atomic E-state index is 9.30. The summed E-state index contributed by atoms with van der Waals surface area (Å²) in [6.45, 7) is 2.15. The van der Waals surface area contributed by atoms with Crippen molar-refractivity contribution in [3.05, 3.63) is 0 Å². The second-order valence-corrected chi connectivity index (χ2v) is 4.06. The highest BCUT2D eigenvalue weighted by molar-refractivity contribution is 4.92. The van der Waals surface area contributed by atoms with E-state index in [2.05, 4.69) is 6.92 Å². The van der Waals surface area contributed by atoms with Gasteiger partial charge in [-0.25, -0.2) is 0 Å². The number of aliphatic hydroxyl groups is 1. The smallest absolute Gasteiger partial charge is 0.155 e. The molecule has 11 heavy (non-hydrogen) atoms. The highest BCUT2D eigenvalue weighted by Gasteiger charge is 2.45. The van der Waals surface area contributed by atoms with Crippen molar-refractivity contribution < 1.29 is 9.84 Å². The van der Waals surface area contributed by atoms with Gasteiger partial charge in [-0.1, -0.05) is 12.8 Å². The molecule has 1 aliphatic carbocycles. The molecule has 1 saturated carbocycles. The minimum Gasteiger partial charge on any atom is -0.368 e. The third kappa shape index (κ3) is 1.18. The molecule has 1 aliphatic heterocycles. The maximum atomic E-state index is 9.30. The van der Waals surface area contributed by atoms with Gasteiger partial charge in [-0.2, -0.15) is 0 Å². The zero-order valence-corrected chi connectivity index (χ0v) is 7.05. The molecular weight excluding hydrogens is 140 g/mol. The van der Waals surface area contributed by atoms with Gasteiger partial charge in [0, 0.05) is 6.42 Å². The summed E-state index contributed by atoms with van der Waals surface area (Å²) in [5.74, 6) is 0.617. The van der Waals surface area contributed by atoms with Gasteiger partial charge in [-0.3, -0.25) is 0 Å². The van der Waals surface area contributed by atoms with Gasteiger partial charge in [-0.15, -0.1) is 0 Å². The number of aliphatic hydroxyl groups excluding tert-OH is 1. The normalized spacial score (nSPS) is 50.7. The monoisotopic (exact) mass is 156 g/mol. The van der Waals surface area contributed by atoms with E-state index in [-0.39, 0.29) is 5.60 Å². The molecule has 1 N–H and O–H groups in total. The van der Waals surface area contributed by atoms with E-state index in [0.717, 1.165) is 12.8 Å². The van der Waals surface area contributed by atoms with Crippen molar-refractivity contribution in [1.29, 1.82) is 0 Å². The Morgan fingerprint density at radius 2 is 2.27 bits per heavy atom. The number of ether oxygens (including phenoxy) is 1. The molecule has 2 fully saturated rings. The molecule has 0 aromatic heterocycles. The van der Waals surface area contributed by atoms with Crippen molar-refractivity contribution in [1.82, 2.24) is 0 Å². The molecule has 2 aliphatic rings. The van der Waals surface area contributed by atoms with Crippen LogP contribution in [0.25, 0.3) is 0 Å². The van der Waals surface area contributed by atoms with Crippen LogP contribution < -0.4 is 0 Å². The summed E-state index contributed by atoms with van der Waals surface area (Å²) in [7, 11) is 0. The van der Waals surface area contributed by atoms with E-state index in [1.165, 1.54) is 19.3 Å². The van der Waals surface area contributed by atoms with Gasteiger partial charge in [0.05, 0.1) is 5.60 Å². The average Bonchev–Trinajstić information content (AvgIpc) is 2.22. The van der Waals surface area contributed by atoms with E-state index < -0.39 is 6.29 Å². The summed E-state index contributed by atoms with van der Waals surface area (Å²) < 4.78 is 5.51. The van der Waals surface area contributed by atoms with Crippen LogP contribution >= 0.6 is 0 Å². The summed E-state index contributed by atoms with van der Waals surface area (Å²) in [5.41, 5.74) is 0.0116. The second-order valence-electron chi connectivity index (χ2n) is 4.06. The van der Waals surface area contributed by atoms with Crippen LogP contribution in [0.3, 0.4) is 0 Å². The molecule has 2 rings (SSSR count). The first-order valence-electron chi connectivity index (χ1n) is 4.56. The summed E-state index contributed by atoms with van der Waals surface area (Å²) >= 11 is 0. The Bertz CT molecular complexity index is 158. The summed E-state index contributed by atoms with van der Waals surface area (Å²) in [6, 6.07) is 0. The Labute approximate surface area is 67.6 Å². The Kier molecular flexibility index (Phi) is 1.69. The van der Waals surface area contributed by atoms with Gasteiger partial charge < -0.3 is 9.84 Å². The predicted molar refractivity (Wildman–Crippen MR) is 42.1 cm³/mol. The third-order valence-corrected chi connectivity index (χ3v) is 3.23. The highest BCUT2D eigenvalue weighted by Crippen LogP contribution is 2.44. The van der Waals surface area contributed by atoms with E-state index in [1.807, 2.05) is 0 Å². The zero-order chi connectivity index (χ0) is 7.90. The van der Waals surface area contributed by atoms with Gasteiger partial charge in [0.15, 0.2) is 6.29 Å². The fourth-order valence-corrected chi connectivity index (χ4v) is 2.50. The molecule has 2 nitrogen and oxygen atoms in total. The summed E-state index contributed by atoms with van der Waals surface area (Å²) in [6.07, 6.45) is 5.33. The Balaban J connectivity index is 2.11. The molecule has 0 spiro atoms. The molecule has 1 unspecified atom stereocenters. The molecule has 3 atom stereocenters. The summed E-state index contributed by atoms with van der Waals surface area (Å²) in [4.78, 5) is 0. The van der Waals surface area contributed by atoms with E-state index in [0.29, 0.717) is 5.92 Å². The Morgan fingerprint density at radius 3 is 3.00 bits per heavy atom. The quantitative estimate of drug-likeness (QED) is 0.578. The molecule has 0 aromatic rings. The zero-order valence-electron chi connectivity index (χ0n) is 7.05. The number of hydrogen-bond donors (Lipinski definition) is 1. The Hall–Kier alpha value is -0.0800. The van der Waals surface area contributed by atoms with Crippen molar-refractivity contribution in [2.75, 3.05) is 0 Å². The second kappa shape index (κ2) is 2.46. The van der Waals surface area contributed by atoms with Gasteiger partial charge >= 0.3 is 0 Å². The standard InChI is InChI=1S/C9H16O2/c1-9-5-3-2-4-7(9)6-8(10)11-9/h7-8,10H,2-6H2,1H3/t7-,8?,9-/m0/s1. The third-order valence-electron chi connectivity index (χ3n) is 3.23. The lowest BCUT2D eigenvalue weighted by Gasteiger charge is -2.34. The maximum Gasteiger partial charge on any atom is 0.155 e. The topological polar surface area (TPSA) is 29.5 Å². The van der Waals surface area contributed by atoms with E-state index in [1.54, 1.807) is 0 Å². The predicted octanol–water partition coefficient (Wildman–Crippen LogP) is 1.67. The molecule has 2 heteroatoms. The van der Waals surface area contributed by atoms with Crippen LogP contribution in [0.4, 0.5) is 0 Å². The van der Waals surface area contributed by atoms with Crippen molar-refractivity contribution in [2.45, 2.75) is 50.9 Å². The van der Waals surface area contributed by atoms with Crippen molar-refractivity contribution in [2.24, 2.45) is 5.92 Å². The van der Waals surface area contributed by atoms with Crippen molar-refractivity contribution in [3.8, 4) is 0 Å². The highest BCUT2D eigenvalue weighted by atomic mass is 16.6. The number of hydrogen-bond acceptors (Lipinski definition) is 2. The molecule has 1 saturated heterocycles. The molecule has 0 aromatic carbocycles. The molecular formula is C9H16O2. The molecule has 0 radical (unpaired) electrons. The van der Waals surface area contributed by atoms with Crippen molar-refractivity contribution in [3.63, 3.8) is 0 Å². The van der Waals surface area contributed by atoms with E-state index in [4.69, 9.17) is 4.74 Å². The van der Waals surface area contributed by atoms with Crippen molar-refractivity contribution >= 4 is 0 Å². The van der Waals surface area contributed by atoms with Gasteiger partial charge in [0.2, 0.25) is 0 Å². The molecule has 1 heterocycles. The fourth-order valence-electron chi connectivity index (χ4n) is 2.50. The largest absolute Gasteiger partial charge is 0.368 e. The molecule has 0 bridgehead atoms. The van der Waals surface area contributed by atoms with Crippen LogP contribution in [0.15, 0.2) is 0 Å². The van der Waals surface area contributed by atoms with Gasteiger partial charge in [0.25, 0.3) is 0 Å². The first-order valence-corrected chi connectivity index (χ1v) is 4.56.